The van der Waals surface area contributed by atoms with Gasteiger partial charge in [0, 0.05) is 18.6 Å². The summed E-state index contributed by atoms with van der Waals surface area (Å²) < 4.78 is 0.877. The second-order valence-electron chi connectivity index (χ2n) is 4.68. The minimum atomic E-state index is 0.124. The molecule has 2 aromatic rings. The maximum Gasteiger partial charge on any atom is 0.192 e. The smallest absolute Gasteiger partial charge is 0.192 e. The summed E-state index contributed by atoms with van der Waals surface area (Å²) in [4.78, 5) is 8.83. The number of thiazole rings is 1. The first-order chi connectivity index (χ1) is 9.75. The number of thioether (sulfide) groups is 1. The van der Waals surface area contributed by atoms with Crippen LogP contribution in [0, 0.1) is 0 Å². The lowest BCUT2D eigenvalue weighted by atomic mass is 10.2. The number of thiocarbonyl (C=S) groups is 1. The van der Waals surface area contributed by atoms with E-state index >= 15 is 0 Å². The number of nitrogens with zero attached hydrogens (tertiary/aromatic N) is 3. The Morgan fingerprint density at radius 2 is 2.20 bits per heavy atom. The number of hydrogen-bond acceptors (Lipinski definition) is 6. The number of likely N-dealkylation sites (N-methyl/N-ethyl adjacent to an activating group) is 1. The lowest BCUT2D eigenvalue weighted by Crippen LogP contribution is -2.51. The van der Waals surface area contributed by atoms with E-state index < -0.39 is 0 Å². The van der Waals surface area contributed by atoms with E-state index in [-0.39, 0.29) is 11.5 Å². The maximum atomic E-state index is 5.56. The number of rotatable bonds is 1. The van der Waals surface area contributed by atoms with E-state index in [0.29, 0.717) is 0 Å². The Hall–Kier alpha value is -1.31. The van der Waals surface area contributed by atoms with Gasteiger partial charge < -0.3 is 10.2 Å². The number of benzene rings is 1. The predicted molar refractivity (Wildman–Crippen MR) is 90.8 cm³/mol. The molecule has 1 saturated heterocycles. The fourth-order valence-electron chi connectivity index (χ4n) is 2.62. The second kappa shape index (κ2) is 4.61. The van der Waals surface area contributed by atoms with Crippen LogP contribution in [0.15, 0.2) is 35.8 Å². The van der Waals surface area contributed by atoms with Crippen LogP contribution < -0.4 is 15.1 Å². The summed E-state index contributed by atoms with van der Waals surface area (Å²) in [5.41, 5.74) is 2.35. The molecule has 0 saturated carbocycles. The quantitative estimate of drug-likeness (QED) is 0.812. The van der Waals surface area contributed by atoms with Crippen LogP contribution in [0.1, 0.15) is 0 Å². The summed E-state index contributed by atoms with van der Waals surface area (Å²) in [5, 5.41) is 6.80. The molecule has 0 amide bonds. The monoisotopic (exact) mass is 320 g/mol. The molecule has 0 bridgehead atoms. The Balaban J connectivity index is 1.77. The first-order valence-electron chi connectivity index (χ1n) is 6.23. The number of para-hydroxylation sites is 2. The van der Waals surface area contributed by atoms with Gasteiger partial charge in [-0.05, 0) is 12.1 Å². The van der Waals surface area contributed by atoms with Gasteiger partial charge in [0.2, 0.25) is 0 Å². The average molecular weight is 320 g/mol. The highest BCUT2D eigenvalue weighted by atomic mass is 32.2. The molecule has 2 aliphatic rings. The molecule has 1 aromatic heterocycles. The largest absolute Gasteiger partial charge is 0.361 e. The highest BCUT2D eigenvalue weighted by Gasteiger charge is 2.45. The van der Waals surface area contributed by atoms with Crippen molar-refractivity contribution in [3.63, 3.8) is 0 Å². The van der Waals surface area contributed by atoms with Crippen molar-refractivity contribution in [2.24, 2.45) is 0 Å². The van der Waals surface area contributed by atoms with Gasteiger partial charge in [0.05, 0.1) is 11.4 Å². The van der Waals surface area contributed by atoms with Crippen LogP contribution in [0.2, 0.25) is 0 Å². The fourth-order valence-corrected chi connectivity index (χ4v) is 5.03. The number of nitrogens with one attached hydrogen (secondary N) is 1. The normalized spacial score (nSPS) is 24.4. The first-order valence-corrected chi connectivity index (χ1v) is 8.40. The standard InChI is InChI=1S/C13H12N4S3/c1-16-9-5-3-2-4-8(9)15-10-11(16)20-13(18)17(10)12-14-6-7-19-12/h2-7,10-11,15H,1H3/t10-,11+/m1/s1. The third-order valence-electron chi connectivity index (χ3n) is 3.56. The molecular formula is C13H12N4S3. The molecule has 0 radical (unpaired) electrons. The minimum absolute atomic E-state index is 0.124. The molecule has 4 rings (SSSR count). The van der Waals surface area contributed by atoms with Gasteiger partial charge in [0.25, 0.3) is 0 Å². The van der Waals surface area contributed by atoms with E-state index in [1.165, 1.54) is 5.69 Å². The number of aromatic nitrogens is 1. The van der Waals surface area contributed by atoms with Gasteiger partial charge in [0.15, 0.2) is 5.13 Å². The minimum Gasteiger partial charge on any atom is -0.361 e. The Bertz CT molecular complexity index is 657. The summed E-state index contributed by atoms with van der Waals surface area (Å²) in [6.45, 7) is 0. The van der Waals surface area contributed by atoms with Gasteiger partial charge in [-0.2, -0.15) is 0 Å². The van der Waals surface area contributed by atoms with Gasteiger partial charge in [-0.3, -0.25) is 4.90 Å². The molecule has 2 aliphatic heterocycles. The van der Waals surface area contributed by atoms with Crippen LogP contribution in [0.3, 0.4) is 0 Å². The topological polar surface area (TPSA) is 31.4 Å². The van der Waals surface area contributed by atoms with E-state index in [1.807, 2.05) is 17.6 Å². The van der Waals surface area contributed by atoms with E-state index in [1.54, 1.807) is 23.1 Å². The van der Waals surface area contributed by atoms with Crippen molar-refractivity contribution < 1.29 is 0 Å². The zero-order valence-electron chi connectivity index (χ0n) is 10.7. The molecule has 0 aliphatic carbocycles. The summed E-state index contributed by atoms with van der Waals surface area (Å²) in [6.07, 6.45) is 1.94. The molecule has 0 unspecified atom stereocenters. The van der Waals surface area contributed by atoms with Crippen molar-refractivity contribution in [3.8, 4) is 0 Å². The van der Waals surface area contributed by atoms with Crippen LogP contribution >= 0.6 is 35.3 Å². The SMILES string of the molecule is CN1c2ccccc2N[C@H]2[C@@H]1SC(=S)N2c1nccs1. The Morgan fingerprint density at radius 1 is 1.35 bits per heavy atom. The number of hydrogen-bond donors (Lipinski definition) is 1. The molecule has 3 heterocycles. The third kappa shape index (κ3) is 1.73. The van der Waals surface area contributed by atoms with Crippen LogP contribution in [0.5, 0.6) is 0 Å². The van der Waals surface area contributed by atoms with Crippen molar-refractivity contribution >= 4 is 56.1 Å². The van der Waals surface area contributed by atoms with Crippen molar-refractivity contribution in [1.29, 1.82) is 0 Å². The highest BCUT2D eigenvalue weighted by molar-refractivity contribution is 8.24. The molecule has 102 valence electrons. The lowest BCUT2D eigenvalue weighted by molar-refractivity contribution is 0.677. The third-order valence-corrected chi connectivity index (χ3v) is 6.03. The first kappa shape index (κ1) is 12.4. The molecule has 2 atom stereocenters. The van der Waals surface area contributed by atoms with Crippen molar-refractivity contribution in [1.82, 2.24) is 4.98 Å². The molecule has 20 heavy (non-hydrogen) atoms. The van der Waals surface area contributed by atoms with Crippen LogP contribution in [-0.4, -0.2) is 27.9 Å². The van der Waals surface area contributed by atoms with E-state index in [9.17, 15) is 0 Å². The molecule has 1 aromatic carbocycles. The second-order valence-corrected chi connectivity index (χ2v) is 7.30. The van der Waals surface area contributed by atoms with E-state index in [0.717, 1.165) is 15.1 Å². The molecular weight excluding hydrogens is 308 g/mol. The predicted octanol–water partition coefficient (Wildman–Crippen LogP) is 3.20. The Morgan fingerprint density at radius 3 is 3.00 bits per heavy atom. The zero-order chi connectivity index (χ0) is 13.7. The van der Waals surface area contributed by atoms with E-state index in [2.05, 4.69) is 45.3 Å². The van der Waals surface area contributed by atoms with Crippen molar-refractivity contribution in [2.45, 2.75) is 11.5 Å². The zero-order valence-corrected chi connectivity index (χ0v) is 13.1. The molecule has 4 nitrogen and oxygen atoms in total. The number of fused-ring (bicyclic) bond motifs is 2. The fraction of sp³-hybridized carbons (Fsp3) is 0.231. The molecule has 1 fully saturated rings. The molecule has 0 spiro atoms. The summed E-state index contributed by atoms with van der Waals surface area (Å²) in [5.74, 6) is 0. The average Bonchev–Trinajstić information content (AvgIpc) is 3.06. The Labute approximate surface area is 130 Å². The van der Waals surface area contributed by atoms with Gasteiger partial charge in [-0.25, -0.2) is 4.98 Å². The Kier molecular flexibility index (Phi) is 2.87. The van der Waals surface area contributed by atoms with Crippen molar-refractivity contribution in [2.75, 3.05) is 22.2 Å². The van der Waals surface area contributed by atoms with Gasteiger partial charge in [0.1, 0.15) is 15.9 Å². The molecule has 1 N–H and O–H groups in total. The van der Waals surface area contributed by atoms with Crippen LogP contribution in [0.4, 0.5) is 16.5 Å². The van der Waals surface area contributed by atoms with Gasteiger partial charge >= 0.3 is 0 Å². The van der Waals surface area contributed by atoms with Gasteiger partial charge in [-0.15, -0.1) is 11.3 Å². The lowest BCUT2D eigenvalue weighted by Gasteiger charge is -2.39. The maximum absolute atomic E-state index is 5.56. The van der Waals surface area contributed by atoms with Crippen LogP contribution in [0.25, 0.3) is 0 Å². The molecule has 7 heteroatoms. The van der Waals surface area contributed by atoms with Gasteiger partial charge in [-0.1, -0.05) is 36.1 Å². The summed E-state index contributed by atoms with van der Waals surface area (Å²) in [6, 6.07) is 8.35. The summed E-state index contributed by atoms with van der Waals surface area (Å²) >= 11 is 8.89. The van der Waals surface area contributed by atoms with Crippen molar-refractivity contribution in [3.05, 3.63) is 35.8 Å². The van der Waals surface area contributed by atoms with E-state index in [4.69, 9.17) is 12.2 Å². The van der Waals surface area contributed by atoms with Crippen LogP contribution in [-0.2, 0) is 0 Å². The highest BCUT2D eigenvalue weighted by Crippen LogP contribution is 2.44. The number of anilines is 3. The summed E-state index contributed by atoms with van der Waals surface area (Å²) in [7, 11) is 2.12.